The van der Waals surface area contributed by atoms with E-state index in [2.05, 4.69) is 428 Å². The summed E-state index contributed by atoms with van der Waals surface area (Å²) in [6, 6.07) is 174. The molecule has 0 spiro atoms. The molecule has 0 unspecified atom stereocenters. The molecule has 0 saturated heterocycles. The van der Waals surface area contributed by atoms with Gasteiger partial charge in [-0.2, -0.15) is 0 Å². The first-order valence-corrected chi connectivity index (χ1v) is 49.6. The molecule has 4 aromatic heterocycles. The molecule has 7 nitrogen and oxygen atoms in total. The summed E-state index contributed by atoms with van der Waals surface area (Å²) in [5.74, 6) is 0. The zero-order valence-corrected chi connectivity index (χ0v) is 79.8. The second kappa shape index (κ2) is 34.1. The van der Waals surface area contributed by atoms with E-state index in [1.807, 2.05) is 84.9 Å². The fourth-order valence-corrected chi connectivity index (χ4v) is 23.4. The van der Waals surface area contributed by atoms with Crippen LogP contribution in [-0.4, -0.2) is 29.9 Å². The van der Waals surface area contributed by atoms with Crippen LogP contribution in [0.15, 0.2) is 490 Å². The Morgan fingerprint density at radius 1 is 0.181 bits per heavy atom. The van der Waals surface area contributed by atoms with Crippen LogP contribution in [0, 0.1) is 0 Å². The van der Waals surface area contributed by atoms with Gasteiger partial charge in [0.1, 0.15) is 11.2 Å². The van der Waals surface area contributed by atoms with E-state index < -0.39 is 5.41 Å². The molecule has 0 radical (unpaired) electrons. The molecule has 3 aliphatic rings. The molecular weight excluding hydrogens is 1750 g/mol. The summed E-state index contributed by atoms with van der Waals surface area (Å²) in [4.78, 5) is 31.3. The van der Waals surface area contributed by atoms with Crippen molar-refractivity contribution >= 4 is 98.1 Å². The molecule has 4 heterocycles. The highest BCUT2D eigenvalue weighted by atomic mass is 16.3. The van der Waals surface area contributed by atoms with Crippen molar-refractivity contribution in [3.05, 3.63) is 530 Å². The van der Waals surface area contributed by atoms with Crippen LogP contribution < -0.4 is 0 Å². The quantitative estimate of drug-likeness (QED) is 0.119. The van der Waals surface area contributed by atoms with Crippen molar-refractivity contribution in [2.75, 3.05) is 0 Å². The molecule has 0 fully saturated rings. The second-order valence-electron chi connectivity index (χ2n) is 39.4. The monoisotopic (exact) mass is 1840 g/mol. The second-order valence-corrected chi connectivity index (χ2v) is 39.4. The van der Waals surface area contributed by atoms with Crippen LogP contribution in [0.25, 0.3) is 232 Å². The number of benzene rings is 22. The van der Waals surface area contributed by atoms with Gasteiger partial charge in [-0.25, -0.2) is 29.9 Å². The van der Waals surface area contributed by atoms with Gasteiger partial charge in [0.05, 0.1) is 72.7 Å². The predicted octanol–water partition coefficient (Wildman–Crippen LogP) is 35.4. The maximum atomic E-state index is 6.27. The van der Waals surface area contributed by atoms with Gasteiger partial charge < -0.3 is 4.42 Å². The molecule has 676 valence electrons. The number of rotatable bonds is 11. The molecule has 0 atom stereocenters. The predicted molar refractivity (Wildman–Crippen MR) is 597 cm³/mol. The molecule has 0 N–H and O–H groups in total. The van der Waals surface area contributed by atoms with Gasteiger partial charge in [0.25, 0.3) is 0 Å². The van der Waals surface area contributed by atoms with Crippen LogP contribution in [0.4, 0.5) is 0 Å². The number of aromatic nitrogens is 6. The average Bonchev–Trinajstić information content (AvgIpc) is 1.52. The van der Waals surface area contributed by atoms with E-state index in [0.717, 1.165) is 144 Å². The third-order valence-corrected chi connectivity index (χ3v) is 30.4. The summed E-state index contributed by atoms with van der Waals surface area (Å²) in [7, 11) is 0. The summed E-state index contributed by atoms with van der Waals surface area (Å²) in [6.45, 7) is 9.34. The summed E-state index contributed by atoms with van der Waals surface area (Å²) in [5, 5.41) is 11.9. The van der Waals surface area contributed by atoms with Crippen molar-refractivity contribution in [3.63, 3.8) is 0 Å². The minimum Gasteiger partial charge on any atom is -0.456 e. The maximum absolute atomic E-state index is 6.27. The van der Waals surface area contributed by atoms with Gasteiger partial charge in [-0.3, -0.25) is 0 Å². The Morgan fingerprint density at radius 2 is 0.549 bits per heavy atom. The summed E-state index contributed by atoms with van der Waals surface area (Å²) in [6.07, 6.45) is 0. The minimum atomic E-state index is -0.445. The van der Waals surface area contributed by atoms with E-state index in [1.165, 1.54) is 132 Å². The van der Waals surface area contributed by atoms with Crippen molar-refractivity contribution < 1.29 is 4.42 Å². The van der Waals surface area contributed by atoms with Crippen LogP contribution in [0.5, 0.6) is 0 Å². The number of nitrogens with zero attached hydrogens (tertiary/aromatic N) is 6. The fraction of sp³-hybridized carbons (Fsp3) is 0.0511. The van der Waals surface area contributed by atoms with Crippen molar-refractivity contribution in [2.24, 2.45) is 0 Å². The van der Waals surface area contributed by atoms with Crippen molar-refractivity contribution in [1.29, 1.82) is 0 Å². The normalized spacial score (nSPS) is 13.2. The van der Waals surface area contributed by atoms with Crippen molar-refractivity contribution in [1.82, 2.24) is 29.9 Å². The zero-order valence-electron chi connectivity index (χ0n) is 79.8. The Morgan fingerprint density at radius 3 is 1.12 bits per heavy atom. The van der Waals surface area contributed by atoms with Crippen LogP contribution in [0.2, 0.25) is 0 Å². The van der Waals surface area contributed by atoms with Crippen molar-refractivity contribution in [2.45, 2.75) is 43.9 Å². The Labute approximate surface area is 834 Å². The third-order valence-electron chi connectivity index (χ3n) is 30.4. The SMILES string of the molecule is CC1(C)c2ccccc2-c2cc3cc(-c4cccc(-c5nc6ccccc6nc5-c5cccc6oc7ccccc7c56)c4)ccc3cc21.CC1(C)c2ccccc2-c2cc3cc(-c4cccc(-c5nc6ccccc6nc5-c5ccccc5)c4)ccc3cc21.c1ccc(-c2nc3ccc4ccccc4c3nc2-c2ccc(-c3ccc4c5c(ccc4c3)-c3ccccc3C5(c3ccccc3)c3ccccc3)cc2)cc1. The first kappa shape index (κ1) is 84.9. The lowest BCUT2D eigenvalue weighted by Crippen LogP contribution is -2.28. The number of hydrogen-bond donors (Lipinski definition) is 0. The standard InChI is InChI=1S/C53H34N2.C45H30N2O.C39H28N2/c1-4-15-37(16-5-1)50-51(55-52-44-21-11-10-14-36(44)30-33-48(52)54-50)38-26-24-35(25-27-38)39-28-31-43-40(34-39)29-32-46-45-22-12-13-23-47(45)53(49(43)46,41-17-6-2-7-18-41)42-19-8-3-9-20-42;1-45(2)36-16-5-3-13-32(36)35-25-31-24-28(21-22-29(31)26-37(35)45)27-11-9-12-30(23-27)43-44(47-39-18-7-6-17-38(39)46-43)34-15-10-20-41-42(34)33-14-4-8-19-40(33)48-41;1-39(2)33-16-7-6-15-31(33)32-23-30-22-27(19-20-28(30)24-34(32)39)26-13-10-14-29(21-26)38-37(25-11-4-3-5-12-25)40-35-17-8-9-18-36(35)41-38/h1-34H;3-26H,1-2H3;3-24H,1-2H3. The molecular formula is C137H92N6O. The topological polar surface area (TPSA) is 90.5 Å². The highest BCUT2D eigenvalue weighted by Crippen LogP contribution is 2.60. The molecule has 0 bridgehead atoms. The maximum Gasteiger partial charge on any atom is 0.136 e. The molecule has 0 aliphatic heterocycles. The number of fused-ring (bicyclic) bond motifs is 21. The van der Waals surface area contributed by atoms with Gasteiger partial charge in [-0.1, -0.05) is 416 Å². The number of furan rings is 1. The number of para-hydroxylation sites is 5. The van der Waals surface area contributed by atoms with Gasteiger partial charge in [-0.15, -0.1) is 0 Å². The summed E-state index contributed by atoms with van der Waals surface area (Å²) >= 11 is 0. The first-order valence-electron chi connectivity index (χ1n) is 49.6. The molecule has 3 aliphatic carbocycles. The third kappa shape index (κ3) is 14.1. The van der Waals surface area contributed by atoms with Crippen LogP contribution in [0.3, 0.4) is 0 Å². The molecule has 26 aromatic rings. The van der Waals surface area contributed by atoms with Gasteiger partial charge >= 0.3 is 0 Å². The largest absolute Gasteiger partial charge is 0.456 e. The van der Waals surface area contributed by atoms with E-state index in [4.69, 9.17) is 34.3 Å². The number of hydrogen-bond acceptors (Lipinski definition) is 7. The molecule has 22 aromatic carbocycles. The Hall–Kier alpha value is -18.3. The summed E-state index contributed by atoms with van der Waals surface area (Å²) < 4.78 is 6.27. The fourth-order valence-electron chi connectivity index (χ4n) is 23.4. The summed E-state index contributed by atoms with van der Waals surface area (Å²) in [5.41, 5.74) is 44.0. The Balaban J connectivity index is 0.000000109. The lowest BCUT2D eigenvalue weighted by Gasteiger charge is -2.34. The molecule has 0 saturated carbocycles. The average molecular weight is 1840 g/mol. The van der Waals surface area contributed by atoms with Crippen LogP contribution in [0.1, 0.15) is 72.2 Å². The smallest absolute Gasteiger partial charge is 0.136 e. The van der Waals surface area contributed by atoms with Crippen molar-refractivity contribution in [3.8, 4) is 134 Å². The molecule has 29 rings (SSSR count). The lowest BCUT2D eigenvalue weighted by molar-refractivity contribution is 0.661. The Kier molecular flexibility index (Phi) is 20.1. The van der Waals surface area contributed by atoms with Gasteiger partial charge in [0.2, 0.25) is 0 Å². The molecule has 7 heteroatoms. The van der Waals surface area contributed by atoms with Gasteiger partial charge in [-0.05, 0) is 246 Å². The van der Waals surface area contributed by atoms with E-state index in [0.29, 0.717) is 0 Å². The Bertz CT molecular complexity index is 9670. The molecule has 0 amide bonds. The van der Waals surface area contributed by atoms with Gasteiger partial charge in [0.15, 0.2) is 0 Å². The lowest BCUT2D eigenvalue weighted by atomic mass is 9.66. The molecule has 144 heavy (non-hydrogen) atoms. The van der Waals surface area contributed by atoms with E-state index in [1.54, 1.807) is 0 Å². The zero-order chi connectivity index (χ0) is 95.9. The van der Waals surface area contributed by atoms with E-state index in [9.17, 15) is 0 Å². The minimum absolute atomic E-state index is 0.00444. The van der Waals surface area contributed by atoms with E-state index >= 15 is 0 Å². The van der Waals surface area contributed by atoms with E-state index in [-0.39, 0.29) is 10.8 Å². The first-order chi connectivity index (χ1) is 70.9. The van der Waals surface area contributed by atoms with Gasteiger partial charge in [0, 0.05) is 60.4 Å². The highest BCUT2D eigenvalue weighted by molar-refractivity contribution is 6.14. The highest BCUT2D eigenvalue weighted by Gasteiger charge is 2.47. The van der Waals surface area contributed by atoms with Crippen LogP contribution in [-0.2, 0) is 16.2 Å². The van der Waals surface area contributed by atoms with Crippen LogP contribution >= 0.6 is 0 Å².